The number of nitrogens with zero attached hydrogens (tertiary/aromatic N) is 2. The van der Waals surface area contributed by atoms with E-state index < -0.39 is 4.92 Å². The van der Waals surface area contributed by atoms with E-state index in [4.69, 9.17) is 0 Å². The molecule has 2 saturated carbocycles. The average molecular weight is 262 g/mol. The van der Waals surface area contributed by atoms with Gasteiger partial charge in [0.25, 0.3) is 5.69 Å². The van der Waals surface area contributed by atoms with Crippen molar-refractivity contribution in [2.45, 2.75) is 38.3 Å². The highest BCUT2D eigenvalue weighted by Gasteiger charge is 2.34. The zero-order valence-corrected chi connectivity index (χ0v) is 10.8. The summed E-state index contributed by atoms with van der Waals surface area (Å²) in [4.78, 5) is 12.8. The number of nitro groups is 1. The molecule has 5 nitrogen and oxygen atoms in total. The van der Waals surface area contributed by atoms with Crippen molar-refractivity contribution in [2.75, 3.05) is 11.4 Å². The van der Waals surface area contributed by atoms with Crippen LogP contribution >= 0.6 is 0 Å². The Hall–Kier alpha value is -1.62. The second-order valence-corrected chi connectivity index (χ2v) is 5.56. The summed E-state index contributed by atoms with van der Waals surface area (Å²) < 4.78 is 0. The number of anilines is 1. The molecule has 0 heterocycles. The van der Waals surface area contributed by atoms with Crippen LogP contribution in [0.15, 0.2) is 18.2 Å². The van der Waals surface area contributed by atoms with E-state index in [0.29, 0.717) is 11.6 Å². The molecule has 2 fully saturated rings. The van der Waals surface area contributed by atoms with Crippen LogP contribution < -0.4 is 4.90 Å². The number of rotatable bonds is 6. The van der Waals surface area contributed by atoms with E-state index in [-0.39, 0.29) is 12.3 Å². The SMILES string of the molecule is O=[N+]([O-])c1ccc(N(CC2CC2)C2CC2)cc1CO. The number of hydrogen-bond acceptors (Lipinski definition) is 4. The van der Waals surface area contributed by atoms with E-state index in [1.165, 1.54) is 31.7 Å². The van der Waals surface area contributed by atoms with Gasteiger partial charge in [-0.3, -0.25) is 10.1 Å². The first-order valence-electron chi connectivity index (χ1n) is 6.84. The number of hydrogen-bond donors (Lipinski definition) is 1. The summed E-state index contributed by atoms with van der Waals surface area (Å²) in [5.74, 6) is 0.786. The Morgan fingerprint density at radius 2 is 2.05 bits per heavy atom. The van der Waals surface area contributed by atoms with E-state index in [0.717, 1.165) is 18.2 Å². The van der Waals surface area contributed by atoms with Crippen LogP contribution in [0.2, 0.25) is 0 Å². The van der Waals surface area contributed by atoms with Crippen molar-refractivity contribution < 1.29 is 10.0 Å². The summed E-state index contributed by atoms with van der Waals surface area (Å²) in [5.41, 5.74) is 1.43. The van der Waals surface area contributed by atoms with Gasteiger partial charge in [-0.05, 0) is 43.7 Å². The highest BCUT2D eigenvalue weighted by Crippen LogP contribution is 2.38. The maximum atomic E-state index is 10.9. The molecule has 1 aromatic carbocycles. The highest BCUT2D eigenvalue weighted by atomic mass is 16.6. The lowest BCUT2D eigenvalue weighted by Crippen LogP contribution is -2.28. The first-order chi connectivity index (χ1) is 9.19. The predicted molar refractivity (Wildman–Crippen MR) is 72.1 cm³/mol. The van der Waals surface area contributed by atoms with Gasteiger partial charge >= 0.3 is 0 Å². The monoisotopic (exact) mass is 262 g/mol. The molecule has 0 spiro atoms. The van der Waals surface area contributed by atoms with Crippen molar-refractivity contribution in [1.82, 2.24) is 0 Å². The summed E-state index contributed by atoms with van der Waals surface area (Å²) in [6.07, 6.45) is 5.00. The molecule has 2 aliphatic carbocycles. The highest BCUT2D eigenvalue weighted by molar-refractivity contribution is 5.57. The molecule has 0 aliphatic heterocycles. The van der Waals surface area contributed by atoms with Crippen molar-refractivity contribution in [2.24, 2.45) is 5.92 Å². The summed E-state index contributed by atoms with van der Waals surface area (Å²) in [5, 5.41) is 20.2. The lowest BCUT2D eigenvalue weighted by atomic mass is 10.1. The molecule has 0 saturated heterocycles. The van der Waals surface area contributed by atoms with E-state index in [1.807, 2.05) is 6.07 Å². The van der Waals surface area contributed by atoms with Crippen LogP contribution in [0.4, 0.5) is 11.4 Å². The second kappa shape index (κ2) is 4.81. The number of aliphatic hydroxyl groups is 1. The largest absolute Gasteiger partial charge is 0.391 e. The summed E-state index contributed by atoms with van der Waals surface area (Å²) in [6.45, 7) is 0.763. The van der Waals surface area contributed by atoms with Crippen LogP contribution in [0.5, 0.6) is 0 Å². The van der Waals surface area contributed by atoms with E-state index in [2.05, 4.69) is 4.90 Å². The van der Waals surface area contributed by atoms with E-state index >= 15 is 0 Å². The molecule has 0 atom stereocenters. The fraction of sp³-hybridized carbons (Fsp3) is 0.571. The van der Waals surface area contributed by atoms with Crippen LogP contribution in [0, 0.1) is 16.0 Å². The molecule has 1 aromatic rings. The minimum atomic E-state index is -0.433. The van der Waals surface area contributed by atoms with Gasteiger partial charge in [-0.15, -0.1) is 0 Å². The molecular formula is C14H18N2O3. The van der Waals surface area contributed by atoms with Crippen molar-refractivity contribution in [3.63, 3.8) is 0 Å². The molecule has 19 heavy (non-hydrogen) atoms. The van der Waals surface area contributed by atoms with Gasteiger partial charge in [0, 0.05) is 24.3 Å². The van der Waals surface area contributed by atoms with Crippen LogP contribution in [0.3, 0.4) is 0 Å². The van der Waals surface area contributed by atoms with Gasteiger partial charge < -0.3 is 10.0 Å². The molecule has 3 rings (SSSR count). The summed E-state index contributed by atoms with van der Waals surface area (Å²) in [7, 11) is 0. The van der Waals surface area contributed by atoms with Crippen molar-refractivity contribution in [3.05, 3.63) is 33.9 Å². The Balaban J connectivity index is 1.87. The van der Waals surface area contributed by atoms with Gasteiger partial charge in [0.15, 0.2) is 0 Å². The van der Waals surface area contributed by atoms with Gasteiger partial charge in [0.1, 0.15) is 0 Å². The Kier molecular flexibility index (Phi) is 3.14. The first-order valence-corrected chi connectivity index (χ1v) is 6.84. The molecule has 5 heteroatoms. The van der Waals surface area contributed by atoms with Crippen LogP contribution in [0.25, 0.3) is 0 Å². The van der Waals surface area contributed by atoms with Gasteiger partial charge in [-0.25, -0.2) is 0 Å². The molecule has 2 aliphatic rings. The minimum Gasteiger partial charge on any atom is -0.391 e. The van der Waals surface area contributed by atoms with Gasteiger partial charge in [0.05, 0.1) is 17.1 Å². The van der Waals surface area contributed by atoms with E-state index in [9.17, 15) is 15.2 Å². The lowest BCUT2D eigenvalue weighted by Gasteiger charge is -2.25. The third-order valence-corrected chi connectivity index (χ3v) is 3.90. The second-order valence-electron chi connectivity index (χ2n) is 5.56. The fourth-order valence-corrected chi connectivity index (χ4v) is 2.49. The van der Waals surface area contributed by atoms with Gasteiger partial charge in [-0.2, -0.15) is 0 Å². The Labute approximate surface area is 112 Å². The third-order valence-electron chi connectivity index (χ3n) is 3.90. The minimum absolute atomic E-state index is 0.00780. The molecule has 0 radical (unpaired) electrons. The normalized spacial score (nSPS) is 18.4. The molecule has 0 unspecified atom stereocenters. The third kappa shape index (κ3) is 2.71. The molecular weight excluding hydrogens is 244 g/mol. The van der Waals surface area contributed by atoms with Crippen molar-refractivity contribution >= 4 is 11.4 Å². The van der Waals surface area contributed by atoms with Crippen molar-refractivity contribution in [1.29, 1.82) is 0 Å². The molecule has 0 amide bonds. The fourth-order valence-electron chi connectivity index (χ4n) is 2.49. The maximum absolute atomic E-state index is 10.9. The maximum Gasteiger partial charge on any atom is 0.275 e. The van der Waals surface area contributed by atoms with Crippen molar-refractivity contribution in [3.8, 4) is 0 Å². The zero-order chi connectivity index (χ0) is 13.4. The summed E-state index contributed by atoms with van der Waals surface area (Å²) in [6, 6.07) is 5.70. The molecule has 0 aromatic heterocycles. The Bertz CT molecular complexity index is 495. The Morgan fingerprint density at radius 1 is 1.32 bits per heavy atom. The zero-order valence-electron chi connectivity index (χ0n) is 10.8. The summed E-state index contributed by atoms with van der Waals surface area (Å²) >= 11 is 0. The predicted octanol–water partition coefficient (Wildman–Crippen LogP) is 2.47. The average Bonchev–Trinajstić information content (AvgIpc) is 3.27. The quantitative estimate of drug-likeness (QED) is 0.631. The number of nitro benzene ring substituents is 1. The lowest BCUT2D eigenvalue weighted by molar-refractivity contribution is -0.385. The van der Waals surface area contributed by atoms with Crippen LogP contribution in [-0.2, 0) is 6.61 Å². The number of aliphatic hydroxyl groups excluding tert-OH is 1. The standard InChI is InChI=1S/C14H18N2O3/c17-9-11-7-13(5-6-14(11)16(18)19)15(12-3-4-12)8-10-1-2-10/h5-7,10,12,17H,1-4,8-9H2. The number of benzene rings is 1. The van der Waals surface area contributed by atoms with Gasteiger partial charge in [0.2, 0.25) is 0 Å². The molecule has 0 bridgehead atoms. The first kappa shape index (κ1) is 12.4. The van der Waals surface area contributed by atoms with Crippen LogP contribution in [0.1, 0.15) is 31.2 Å². The molecule has 102 valence electrons. The molecule has 1 N–H and O–H groups in total. The Morgan fingerprint density at radius 3 is 2.58 bits per heavy atom. The van der Waals surface area contributed by atoms with Gasteiger partial charge in [-0.1, -0.05) is 0 Å². The smallest absolute Gasteiger partial charge is 0.275 e. The van der Waals surface area contributed by atoms with E-state index in [1.54, 1.807) is 6.07 Å². The topological polar surface area (TPSA) is 66.6 Å². The van der Waals surface area contributed by atoms with Crippen LogP contribution in [-0.4, -0.2) is 22.6 Å².